The molecule has 1 aliphatic carbocycles. The molecule has 2 aromatic carbocycles. The van der Waals surface area contributed by atoms with E-state index in [-0.39, 0.29) is 5.91 Å². The van der Waals surface area contributed by atoms with Crippen molar-refractivity contribution in [1.29, 1.82) is 0 Å². The zero-order valence-electron chi connectivity index (χ0n) is 14.8. The Morgan fingerprint density at radius 1 is 1.15 bits per heavy atom. The average Bonchev–Trinajstić information content (AvgIpc) is 3.52. The molecule has 1 atom stereocenters. The number of aromatic nitrogens is 1. The maximum Gasteiger partial charge on any atom is 0.254 e. The van der Waals surface area contributed by atoms with Crippen LogP contribution in [0.25, 0.3) is 22.2 Å². The fraction of sp³-hybridized carbons (Fsp3) is 0.273. The number of carbonyl (C=O) groups excluding carboxylic acids is 1. The van der Waals surface area contributed by atoms with Crippen molar-refractivity contribution in [3.05, 3.63) is 66.2 Å². The summed E-state index contributed by atoms with van der Waals surface area (Å²) in [6, 6.07) is 19.4. The lowest BCUT2D eigenvalue weighted by Crippen LogP contribution is -2.35. The molecular weight excluding hydrogens is 324 g/mol. The van der Waals surface area contributed by atoms with Crippen molar-refractivity contribution in [3.8, 4) is 11.3 Å². The molecule has 4 nitrogen and oxygen atoms in total. The molecule has 3 aromatic rings. The predicted octanol–water partition coefficient (Wildman–Crippen LogP) is 3.74. The van der Waals surface area contributed by atoms with Gasteiger partial charge < -0.3 is 10.0 Å². The number of fused-ring (bicyclic) bond motifs is 1. The van der Waals surface area contributed by atoms with E-state index in [1.165, 1.54) is 0 Å². The second-order valence-corrected chi connectivity index (χ2v) is 7.03. The number of aliphatic hydroxyl groups excluding tert-OH is 1. The monoisotopic (exact) mass is 346 g/mol. The van der Waals surface area contributed by atoms with Crippen LogP contribution in [0.1, 0.15) is 23.2 Å². The van der Waals surface area contributed by atoms with Crippen molar-refractivity contribution in [2.75, 3.05) is 13.6 Å². The third-order valence-corrected chi connectivity index (χ3v) is 4.99. The molecule has 0 saturated heterocycles. The van der Waals surface area contributed by atoms with Gasteiger partial charge in [0.15, 0.2) is 0 Å². The van der Waals surface area contributed by atoms with Gasteiger partial charge in [0.05, 0.1) is 22.9 Å². The molecule has 1 fully saturated rings. The SMILES string of the molecule is CN(CC(O)C1CC1)C(=O)c1cc(-c2ccccc2)nc2ccccc12. The zero-order chi connectivity index (χ0) is 18.1. The van der Waals surface area contributed by atoms with E-state index in [9.17, 15) is 9.90 Å². The van der Waals surface area contributed by atoms with Gasteiger partial charge in [0, 0.05) is 24.5 Å². The molecule has 1 N–H and O–H groups in total. The number of amides is 1. The van der Waals surface area contributed by atoms with Crippen LogP contribution in [0.4, 0.5) is 0 Å². The topological polar surface area (TPSA) is 53.4 Å². The highest BCUT2D eigenvalue weighted by atomic mass is 16.3. The number of nitrogens with zero attached hydrogens (tertiary/aromatic N) is 2. The van der Waals surface area contributed by atoms with Gasteiger partial charge in [-0.2, -0.15) is 0 Å². The third-order valence-electron chi connectivity index (χ3n) is 4.99. The van der Waals surface area contributed by atoms with Crippen LogP contribution < -0.4 is 0 Å². The Hall–Kier alpha value is -2.72. The largest absolute Gasteiger partial charge is 0.391 e. The van der Waals surface area contributed by atoms with Gasteiger partial charge in [-0.15, -0.1) is 0 Å². The van der Waals surface area contributed by atoms with Gasteiger partial charge in [-0.3, -0.25) is 4.79 Å². The summed E-state index contributed by atoms with van der Waals surface area (Å²) >= 11 is 0. The maximum absolute atomic E-state index is 13.1. The van der Waals surface area contributed by atoms with Gasteiger partial charge >= 0.3 is 0 Å². The third kappa shape index (κ3) is 3.33. The van der Waals surface area contributed by atoms with Crippen molar-refractivity contribution in [2.45, 2.75) is 18.9 Å². The first-order chi connectivity index (χ1) is 12.6. The molecule has 4 rings (SSSR count). The van der Waals surface area contributed by atoms with Crippen LogP contribution in [0, 0.1) is 5.92 Å². The number of para-hydroxylation sites is 1. The minimum atomic E-state index is -0.439. The Morgan fingerprint density at radius 3 is 2.58 bits per heavy atom. The van der Waals surface area contributed by atoms with Crippen molar-refractivity contribution in [3.63, 3.8) is 0 Å². The highest BCUT2D eigenvalue weighted by molar-refractivity contribution is 6.07. The fourth-order valence-corrected chi connectivity index (χ4v) is 3.31. The van der Waals surface area contributed by atoms with Crippen LogP contribution >= 0.6 is 0 Å². The summed E-state index contributed by atoms with van der Waals surface area (Å²) in [6.07, 6.45) is 1.67. The van der Waals surface area contributed by atoms with E-state index in [1.54, 1.807) is 11.9 Å². The van der Waals surface area contributed by atoms with Crippen LogP contribution in [0.2, 0.25) is 0 Å². The Labute approximate surface area is 153 Å². The van der Waals surface area contributed by atoms with E-state index in [4.69, 9.17) is 4.98 Å². The summed E-state index contributed by atoms with van der Waals surface area (Å²) in [5.41, 5.74) is 3.19. The highest BCUT2D eigenvalue weighted by Crippen LogP contribution is 2.33. The van der Waals surface area contributed by atoms with E-state index >= 15 is 0 Å². The van der Waals surface area contributed by atoms with Gasteiger partial charge in [-0.25, -0.2) is 4.98 Å². The second kappa shape index (κ2) is 6.89. The van der Waals surface area contributed by atoms with E-state index in [2.05, 4.69) is 0 Å². The lowest BCUT2D eigenvalue weighted by molar-refractivity contribution is 0.0647. The zero-order valence-corrected chi connectivity index (χ0v) is 14.8. The van der Waals surface area contributed by atoms with Crippen molar-refractivity contribution in [1.82, 2.24) is 9.88 Å². The molecule has 1 amide bonds. The number of likely N-dealkylation sites (N-methyl/N-ethyl adjacent to an activating group) is 1. The van der Waals surface area contributed by atoms with E-state index < -0.39 is 6.10 Å². The number of aliphatic hydroxyl groups is 1. The van der Waals surface area contributed by atoms with Crippen LogP contribution in [0.15, 0.2) is 60.7 Å². The van der Waals surface area contributed by atoms with Gasteiger partial charge in [0.25, 0.3) is 5.91 Å². The van der Waals surface area contributed by atoms with Crippen LogP contribution in [-0.2, 0) is 0 Å². The molecule has 0 spiro atoms. The number of benzene rings is 2. The summed E-state index contributed by atoms with van der Waals surface area (Å²) in [5, 5.41) is 11.0. The first kappa shape index (κ1) is 16.7. The molecule has 4 heteroatoms. The van der Waals surface area contributed by atoms with Gasteiger partial charge in [-0.1, -0.05) is 48.5 Å². The Balaban J connectivity index is 1.73. The van der Waals surface area contributed by atoms with Crippen LogP contribution in [0.3, 0.4) is 0 Å². The van der Waals surface area contributed by atoms with Crippen LogP contribution in [-0.4, -0.2) is 40.6 Å². The Morgan fingerprint density at radius 2 is 1.85 bits per heavy atom. The molecule has 1 saturated carbocycles. The number of carbonyl (C=O) groups is 1. The number of pyridine rings is 1. The summed E-state index contributed by atoms with van der Waals surface area (Å²) < 4.78 is 0. The smallest absolute Gasteiger partial charge is 0.254 e. The lowest BCUT2D eigenvalue weighted by atomic mass is 10.0. The Bertz CT molecular complexity index is 935. The van der Waals surface area contributed by atoms with E-state index in [0.717, 1.165) is 35.0 Å². The standard InChI is InChI=1S/C22H22N2O2/c1-24(14-21(25)16-11-12-16)22(26)18-13-20(15-7-3-2-4-8-15)23-19-10-6-5-9-17(18)19/h2-10,13,16,21,25H,11-12,14H2,1H3. The van der Waals surface area contributed by atoms with Gasteiger partial charge in [0.1, 0.15) is 0 Å². The molecule has 1 heterocycles. The summed E-state index contributed by atoms with van der Waals surface area (Å²) in [7, 11) is 1.76. The van der Waals surface area contributed by atoms with Crippen molar-refractivity contribution in [2.24, 2.45) is 5.92 Å². The molecule has 26 heavy (non-hydrogen) atoms. The number of hydrogen-bond donors (Lipinski definition) is 1. The van der Waals surface area contributed by atoms with Crippen molar-refractivity contribution < 1.29 is 9.90 Å². The first-order valence-electron chi connectivity index (χ1n) is 9.02. The molecule has 1 aliphatic rings. The maximum atomic E-state index is 13.1. The molecular formula is C22H22N2O2. The molecule has 0 radical (unpaired) electrons. The van der Waals surface area contributed by atoms with Crippen molar-refractivity contribution >= 4 is 16.8 Å². The molecule has 1 unspecified atom stereocenters. The van der Waals surface area contributed by atoms with Gasteiger partial charge in [-0.05, 0) is 30.9 Å². The number of rotatable bonds is 5. The number of hydrogen-bond acceptors (Lipinski definition) is 3. The normalized spacial score (nSPS) is 15.0. The summed E-state index contributed by atoms with van der Waals surface area (Å²) in [4.78, 5) is 19.5. The fourth-order valence-electron chi connectivity index (χ4n) is 3.31. The molecule has 1 aromatic heterocycles. The first-order valence-corrected chi connectivity index (χ1v) is 9.02. The summed E-state index contributed by atoms with van der Waals surface area (Å²) in [5.74, 6) is 0.264. The molecule has 0 aliphatic heterocycles. The lowest BCUT2D eigenvalue weighted by Gasteiger charge is -2.22. The quantitative estimate of drug-likeness (QED) is 0.765. The molecule has 132 valence electrons. The average molecular weight is 346 g/mol. The second-order valence-electron chi connectivity index (χ2n) is 7.03. The van der Waals surface area contributed by atoms with E-state index in [1.807, 2.05) is 60.7 Å². The summed E-state index contributed by atoms with van der Waals surface area (Å²) in [6.45, 7) is 0.362. The van der Waals surface area contributed by atoms with Crippen LogP contribution in [0.5, 0.6) is 0 Å². The predicted molar refractivity (Wildman–Crippen MR) is 103 cm³/mol. The van der Waals surface area contributed by atoms with Gasteiger partial charge in [0.2, 0.25) is 0 Å². The highest BCUT2D eigenvalue weighted by Gasteiger charge is 2.31. The Kier molecular flexibility index (Phi) is 4.43. The van der Waals surface area contributed by atoms with E-state index in [0.29, 0.717) is 18.0 Å². The minimum Gasteiger partial charge on any atom is -0.391 e. The minimum absolute atomic E-state index is 0.0829. The molecule has 0 bridgehead atoms.